The SMILES string of the molecule is CN(C[C@@H](O[C@H]1C[C@@H]2[C@H]3CC[C@@](C)([C@@H]2O1)C3(C)C)c1cc(OS(=O)(=O)c2ccccc2)c(OS(=O)(=O)c2ccccc2)cc1Cl)S(=O)(=O)c1ccccc1. The minimum absolute atomic E-state index is 0.0589. The van der Waals surface area contributed by atoms with Crippen molar-refractivity contribution in [3.63, 3.8) is 0 Å². The second-order valence-corrected chi connectivity index (χ2v) is 20.5. The summed E-state index contributed by atoms with van der Waals surface area (Å²) in [5, 5.41) is -0.0837. The van der Waals surface area contributed by atoms with E-state index < -0.39 is 54.2 Å². The predicted molar refractivity (Wildman–Crippen MR) is 201 cm³/mol. The monoisotopic (exact) mass is 815 g/mol. The van der Waals surface area contributed by atoms with E-state index in [4.69, 9.17) is 29.4 Å². The lowest BCUT2D eigenvalue weighted by Gasteiger charge is -2.39. The van der Waals surface area contributed by atoms with Gasteiger partial charge in [-0.15, -0.1) is 0 Å². The van der Waals surface area contributed by atoms with E-state index in [1.165, 1.54) is 73.8 Å². The van der Waals surface area contributed by atoms with Crippen molar-refractivity contribution in [2.24, 2.45) is 22.7 Å². The molecule has 288 valence electrons. The Morgan fingerprint density at radius 1 is 0.778 bits per heavy atom. The smallest absolute Gasteiger partial charge is 0.339 e. The number of hydrogen-bond donors (Lipinski definition) is 0. The molecule has 0 amide bonds. The fourth-order valence-corrected chi connectivity index (χ4v) is 11.9. The lowest BCUT2D eigenvalue weighted by molar-refractivity contribution is -0.188. The third-order valence-electron chi connectivity index (χ3n) is 11.7. The highest BCUT2D eigenvalue weighted by Gasteiger charge is 2.69. The van der Waals surface area contributed by atoms with E-state index in [0.29, 0.717) is 12.3 Å². The molecule has 2 bridgehead atoms. The first-order valence-corrected chi connectivity index (χ1v) is 22.2. The van der Waals surface area contributed by atoms with Crippen molar-refractivity contribution in [3.05, 3.63) is 114 Å². The van der Waals surface area contributed by atoms with Gasteiger partial charge in [-0.1, -0.05) is 87.0 Å². The molecule has 11 nitrogen and oxygen atoms in total. The highest BCUT2D eigenvalue weighted by molar-refractivity contribution is 7.89. The average Bonchev–Trinajstić information content (AvgIpc) is 3.72. The van der Waals surface area contributed by atoms with Crippen molar-refractivity contribution in [2.45, 2.75) is 73.2 Å². The second-order valence-electron chi connectivity index (χ2n) is 14.9. The van der Waals surface area contributed by atoms with Crippen LogP contribution in [0.25, 0.3) is 0 Å². The van der Waals surface area contributed by atoms with Gasteiger partial charge in [0.2, 0.25) is 10.0 Å². The first-order valence-electron chi connectivity index (χ1n) is 17.6. The molecule has 3 fully saturated rings. The topological polar surface area (TPSA) is 143 Å². The van der Waals surface area contributed by atoms with Crippen molar-refractivity contribution in [1.82, 2.24) is 4.31 Å². The fourth-order valence-electron chi connectivity index (χ4n) is 8.51. The maximum absolute atomic E-state index is 13.8. The number of rotatable bonds is 13. The molecule has 54 heavy (non-hydrogen) atoms. The van der Waals surface area contributed by atoms with Gasteiger partial charge in [0, 0.05) is 31.6 Å². The summed E-state index contributed by atoms with van der Waals surface area (Å²) in [5.41, 5.74) is 0.133. The number of fused-ring (bicyclic) bond motifs is 5. The first kappa shape index (κ1) is 38.8. The summed E-state index contributed by atoms with van der Waals surface area (Å²) in [6.07, 6.45) is 0.738. The van der Waals surface area contributed by atoms with E-state index in [9.17, 15) is 25.3 Å². The van der Waals surface area contributed by atoms with Crippen LogP contribution < -0.4 is 8.37 Å². The van der Waals surface area contributed by atoms with Gasteiger partial charge in [0.05, 0.1) is 16.0 Å². The summed E-state index contributed by atoms with van der Waals surface area (Å²) in [7, 11) is -11.7. The van der Waals surface area contributed by atoms with Gasteiger partial charge in [-0.25, -0.2) is 8.42 Å². The van der Waals surface area contributed by atoms with Gasteiger partial charge < -0.3 is 17.8 Å². The molecular weight excluding hydrogens is 774 g/mol. The highest BCUT2D eigenvalue weighted by Crippen LogP contribution is 2.71. The van der Waals surface area contributed by atoms with Crippen LogP contribution in [0.4, 0.5) is 0 Å². The van der Waals surface area contributed by atoms with Crippen molar-refractivity contribution in [1.29, 1.82) is 0 Å². The summed E-state index contributed by atoms with van der Waals surface area (Å²) in [5.74, 6) is -0.346. The Morgan fingerprint density at radius 2 is 1.28 bits per heavy atom. The Morgan fingerprint density at radius 3 is 1.80 bits per heavy atom. The summed E-state index contributed by atoms with van der Waals surface area (Å²) in [4.78, 5) is -0.328. The van der Waals surface area contributed by atoms with E-state index in [1.807, 2.05) is 0 Å². The molecule has 4 aromatic rings. The quantitative estimate of drug-likeness (QED) is 0.125. The van der Waals surface area contributed by atoms with Gasteiger partial charge in [0.15, 0.2) is 17.8 Å². The van der Waals surface area contributed by atoms with Crippen LogP contribution in [0.3, 0.4) is 0 Å². The molecule has 0 aromatic heterocycles. The number of benzene rings is 4. The van der Waals surface area contributed by atoms with E-state index in [-0.39, 0.29) is 54.7 Å². The number of ether oxygens (including phenoxy) is 2. The van der Waals surface area contributed by atoms with Crippen LogP contribution in [0, 0.1) is 22.7 Å². The fraction of sp³-hybridized carbons (Fsp3) is 0.385. The van der Waals surface area contributed by atoms with Crippen molar-refractivity contribution in [2.75, 3.05) is 13.6 Å². The molecule has 3 aliphatic rings. The van der Waals surface area contributed by atoms with Gasteiger partial charge in [-0.05, 0) is 78.0 Å². The van der Waals surface area contributed by atoms with Crippen LogP contribution in [-0.4, -0.2) is 55.5 Å². The molecule has 15 heteroatoms. The zero-order valence-electron chi connectivity index (χ0n) is 30.2. The van der Waals surface area contributed by atoms with Gasteiger partial charge >= 0.3 is 20.2 Å². The van der Waals surface area contributed by atoms with Crippen LogP contribution in [-0.2, 0) is 39.7 Å². The number of sulfonamides is 1. The third kappa shape index (κ3) is 6.95. The number of nitrogens with zero attached hydrogens (tertiary/aromatic N) is 1. The maximum Gasteiger partial charge on any atom is 0.339 e. The van der Waals surface area contributed by atoms with Crippen LogP contribution in [0.2, 0.25) is 5.02 Å². The molecule has 0 spiro atoms. The van der Waals surface area contributed by atoms with Crippen LogP contribution in [0.1, 0.15) is 51.7 Å². The highest BCUT2D eigenvalue weighted by atomic mass is 35.5. The summed E-state index contributed by atoms with van der Waals surface area (Å²) < 4.78 is 107. The van der Waals surface area contributed by atoms with E-state index >= 15 is 0 Å². The molecule has 1 heterocycles. The zero-order valence-corrected chi connectivity index (χ0v) is 33.4. The van der Waals surface area contributed by atoms with Gasteiger partial charge in [-0.2, -0.15) is 21.1 Å². The average molecular weight is 816 g/mol. The molecule has 0 unspecified atom stereocenters. The maximum atomic E-state index is 13.8. The molecule has 6 atom stereocenters. The third-order valence-corrected chi connectivity index (χ3v) is 16.4. The molecule has 2 saturated carbocycles. The number of likely N-dealkylation sites (N-methyl/N-ethyl adjacent to an activating group) is 1. The minimum atomic E-state index is -4.54. The van der Waals surface area contributed by atoms with E-state index in [0.717, 1.165) is 23.2 Å². The van der Waals surface area contributed by atoms with E-state index in [2.05, 4.69) is 20.8 Å². The standard InChI is InChI=1S/C39H42ClNO10S3/c1-38(2)31-20-21-39(38,3)37-29(31)23-36(49-37)48-35(25-41(4)52(42,43)26-14-8-5-9-15-26)30-22-33(50-53(44,45)27-16-10-6-11-17-27)34(24-32(30)40)51-54(46,47)28-18-12-7-13-19-28/h5-19,22,24,29,31,35-37H,20-21,23,25H2,1-4H3/t29-,31-,35-,36-,37-,39+/m1/s1. The molecule has 7 rings (SSSR count). The van der Waals surface area contributed by atoms with Crippen LogP contribution in [0.5, 0.6) is 11.5 Å². The molecule has 1 aliphatic heterocycles. The normalized spacial score (nSPS) is 25.4. The lowest BCUT2D eigenvalue weighted by Crippen LogP contribution is -2.38. The van der Waals surface area contributed by atoms with Gasteiger partial charge in [0.25, 0.3) is 0 Å². The van der Waals surface area contributed by atoms with Crippen LogP contribution >= 0.6 is 11.6 Å². The molecular formula is C39H42ClNO10S3. The Kier molecular flexibility index (Phi) is 10.2. The van der Waals surface area contributed by atoms with Crippen molar-refractivity contribution >= 4 is 41.9 Å². The van der Waals surface area contributed by atoms with Gasteiger partial charge in [-0.3, -0.25) is 0 Å². The Bertz CT molecular complexity index is 2350. The summed E-state index contributed by atoms with van der Waals surface area (Å²) in [6, 6.07) is 24.9. The number of hydrogen-bond acceptors (Lipinski definition) is 10. The largest absolute Gasteiger partial charge is 0.375 e. The Hall–Kier alpha value is -3.50. The lowest BCUT2D eigenvalue weighted by atomic mass is 9.70. The number of halogens is 1. The minimum Gasteiger partial charge on any atom is -0.375 e. The zero-order chi connectivity index (χ0) is 38.7. The Labute approximate surface area is 322 Å². The van der Waals surface area contributed by atoms with Crippen LogP contribution in [0.15, 0.2) is 118 Å². The Balaban J connectivity index is 1.29. The van der Waals surface area contributed by atoms with Crippen molar-refractivity contribution in [3.8, 4) is 11.5 Å². The second kappa shape index (κ2) is 14.2. The van der Waals surface area contributed by atoms with E-state index in [1.54, 1.807) is 30.3 Å². The van der Waals surface area contributed by atoms with Gasteiger partial charge in [0.1, 0.15) is 15.9 Å². The molecule has 2 aliphatic carbocycles. The molecule has 1 saturated heterocycles. The van der Waals surface area contributed by atoms with Crippen molar-refractivity contribution < 1.29 is 43.1 Å². The summed E-state index contributed by atoms with van der Waals surface area (Å²) >= 11 is 6.90. The predicted octanol–water partition coefficient (Wildman–Crippen LogP) is 7.44. The molecule has 0 N–H and O–H groups in total. The molecule has 0 radical (unpaired) electrons. The summed E-state index contributed by atoms with van der Waals surface area (Å²) in [6.45, 7) is 6.57. The molecule has 4 aromatic carbocycles. The first-order chi connectivity index (χ1) is 25.4.